The topological polar surface area (TPSA) is 54.7 Å². The maximum Gasteiger partial charge on any atom is 0.287 e. The number of furan rings is 1. The van der Waals surface area contributed by atoms with Gasteiger partial charge in [-0.25, -0.2) is 0 Å². The third kappa shape index (κ3) is 5.56. The smallest absolute Gasteiger partial charge is 0.287 e. The van der Waals surface area contributed by atoms with E-state index in [-0.39, 0.29) is 12.5 Å². The van der Waals surface area contributed by atoms with Crippen LogP contribution in [0.1, 0.15) is 53.4 Å². The number of benzene rings is 2. The summed E-state index contributed by atoms with van der Waals surface area (Å²) in [5, 5.41) is 3.02. The monoisotopic (exact) mass is 418 g/mol. The standard InChI is InChI=1S/C26H30N2O3/c1-20-9-7-8-15-28(20)18-22-11-6-5-10-21(22)17-27-26(29)25-23(14-16-30-25)19-31-24-12-3-2-4-13-24/h2-6,10-14,16,20H,7-9,15,17-19H2,1H3,(H,27,29). The number of nitrogens with one attached hydrogen (secondary N) is 1. The first-order chi connectivity index (χ1) is 15.2. The maximum atomic E-state index is 12.8. The summed E-state index contributed by atoms with van der Waals surface area (Å²) < 4.78 is 11.2. The first-order valence-corrected chi connectivity index (χ1v) is 11.0. The molecule has 1 saturated heterocycles. The van der Waals surface area contributed by atoms with Crippen molar-refractivity contribution in [3.05, 3.63) is 89.4 Å². The Balaban J connectivity index is 1.37. The van der Waals surface area contributed by atoms with Gasteiger partial charge in [-0.05, 0) is 55.6 Å². The number of para-hydroxylation sites is 1. The Morgan fingerprint density at radius 3 is 2.61 bits per heavy atom. The number of likely N-dealkylation sites (tertiary alicyclic amines) is 1. The number of rotatable bonds is 8. The minimum atomic E-state index is -0.224. The largest absolute Gasteiger partial charge is 0.489 e. The average molecular weight is 419 g/mol. The molecule has 1 aliphatic heterocycles. The van der Waals surface area contributed by atoms with E-state index in [9.17, 15) is 4.79 Å². The molecule has 1 N–H and O–H groups in total. The maximum absolute atomic E-state index is 12.8. The first-order valence-electron chi connectivity index (χ1n) is 11.0. The molecule has 2 aromatic carbocycles. The lowest BCUT2D eigenvalue weighted by atomic mass is 10.0. The van der Waals surface area contributed by atoms with Gasteiger partial charge in [0.15, 0.2) is 5.76 Å². The van der Waals surface area contributed by atoms with Crippen molar-refractivity contribution in [2.75, 3.05) is 6.54 Å². The molecule has 3 aromatic rings. The van der Waals surface area contributed by atoms with Crippen LogP contribution in [0.5, 0.6) is 5.75 Å². The number of amides is 1. The van der Waals surface area contributed by atoms with Crippen LogP contribution in [-0.2, 0) is 19.7 Å². The number of carbonyl (C=O) groups excluding carboxylic acids is 1. The highest BCUT2D eigenvalue weighted by molar-refractivity contribution is 5.92. The number of nitrogens with zero attached hydrogens (tertiary/aromatic N) is 1. The fourth-order valence-electron chi connectivity index (χ4n) is 4.08. The molecule has 1 amide bonds. The van der Waals surface area contributed by atoms with Gasteiger partial charge in [0, 0.05) is 24.7 Å². The number of piperidine rings is 1. The molecule has 5 nitrogen and oxygen atoms in total. The van der Waals surface area contributed by atoms with Crippen molar-refractivity contribution in [1.82, 2.24) is 10.2 Å². The molecule has 4 rings (SSSR count). The Labute approximate surface area is 184 Å². The van der Waals surface area contributed by atoms with Crippen LogP contribution in [0.3, 0.4) is 0 Å². The van der Waals surface area contributed by atoms with E-state index in [1.165, 1.54) is 31.1 Å². The van der Waals surface area contributed by atoms with E-state index >= 15 is 0 Å². The molecule has 0 saturated carbocycles. The van der Waals surface area contributed by atoms with E-state index in [0.29, 0.717) is 18.3 Å². The van der Waals surface area contributed by atoms with Crippen LogP contribution in [-0.4, -0.2) is 23.4 Å². The van der Waals surface area contributed by atoms with Crippen molar-refractivity contribution >= 4 is 5.91 Å². The predicted octanol–water partition coefficient (Wildman–Crippen LogP) is 5.16. The fraction of sp³-hybridized carbons (Fsp3) is 0.346. The second-order valence-corrected chi connectivity index (χ2v) is 8.14. The minimum Gasteiger partial charge on any atom is -0.489 e. The van der Waals surface area contributed by atoms with Crippen molar-refractivity contribution in [3.63, 3.8) is 0 Å². The summed E-state index contributed by atoms with van der Waals surface area (Å²) in [4.78, 5) is 15.3. The molecule has 1 aliphatic rings. The summed E-state index contributed by atoms with van der Waals surface area (Å²) >= 11 is 0. The summed E-state index contributed by atoms with van der Waals surface area (Å²) in [5.41, 5.74) is 3.14. The van der Waals surface area contributed by atoms with Crippen LogP contribution >= 0.6 is 0 Å². The van der Waals surface area contributed by atoms with Gasteiger partial charge in [-0.15, -0.1) is 0 Å². The highest BCUT2D eigenvalue weighted by Gasteiger charge is 2.20. The molecule has 1 atom stereocenters. The molecule has 31 heavy (non-hydrogen) atoms. The zero-order valence-electron chi connectivity index (χ0n) is 18.0. The SMILES string of the molecule is CC1CCCCN1Cc1ccccc1CNC(=O)c1occc1COc1ccccc1. The molecule has 0 radical (unpaired) electrons. The molecule has 1 aromatic heterocycles. The molecule has 1 unspecified atom stereocenters. The minimum absolute atomic E-state index is 0.224. The van der Waals surface area contributed by atoms with Crippen molar-refractivity contribution in [1.29, 1.82) is 0 Å². The van der Waals surface area contributed by atoms with Crippen molar-refractivity contribution in [3.8, 4) is 5.75 Å². The lowest BCUT2D eigenvalue weighted by Crippen LogP contribution is -2.37. The van der Waals surface area contributed by atoms with Gasteiger partial charge in [0.2, 0.25) is 0 Å². The summed E-state index contributed by atoms with van der Waals surface area (Å²) in [5.74, 6) is 0.840. The molecule has 0 spiro atoms. The lowest BCUT2D eigenvalue weighted by Gasteiger charge is -2.33. The van der Waals surface area contributed by atoms with Gasteiger partial charge in [-0.2, -0.15) is 0 Å². The number of hydrogen-bond acceptors (Lipinski definition) is 4. The molecule has 162 valence electrons. The summed E-state index contributed by atoms with van der Waals surface area (Å²) in [7, 11) is 0. The summed E-state index contributed by atoms with van der Waals surface area (Å²) in [6.07, 6.45) is 5.36. The Kier molecular flexibility index (Phi) is 7.05. The molecule has 5 heteroatoms. The van der Waals surface area contributed by atoms with Crippen molar-refractivity contribution in [2.45, 2.75) is 51.9 Å². The molecule has 0 aliphatic carbocycles. The van der Waals surface area contributed by atoms with Crippen molar-refractivity contribution in [2.24, 2.45) is 0 Å². The number of ether oxygens (including phenoxy) is 1. The predicted molar refractivity (Wildman–Crippen MR) is 121 cm³/mol. The van der Waals surface area contributed by atoms with E-state index in [1.807, 2.05) is 36.4 Å². The molecule has 0 bridgehead atoms. The van der Waals surface area contributed by atoms with Crippen LogP contribution < -0.4 is 10.1 Å². The normalized spacial score (nSPS) is 16.7. The molecular formula is C26H30N2O3. The van der Waals surface area contributed by atoms with E-state index in [4.69, 9.17) is 9.15 Å². The molecule has 2 heterocycles. The van der Waals surface area contributed by atoms with Crippen LogP contribution in [0.15, 0.2) is 71.3 Å². The van der Waals surface area contributed by atoms with Gasteiger partial charge in [0.1, 0.15) is 12.4 Å². The van der Waals surface area contributed by atoms with Gasteiger partial charge in [-0.1, -0.05) is 48.9 Å². The summed E-state index contributed by atoms with van der Waals surface area (Å²) in [6.45, 7) is 5.12. The van der Waals surface area contributed by atoms with E-state index < -0.39 is 0 Å². The van der Waals surface area contributed by atoms with E-state index in [0.717, 1.165) is 30.0 Å². The second-order valence-electron chi connectivity index (χ2n) is 8.14. The van der Waals surface area contributed by atoms with Crippen LogP contribution in [0.2, 0.25) is 0 Å². The highest BCUT2D eigenvalue weighted by Crippen LogP contribution is 2.21. The zero-order chi connectivity index (χ0) is 21.5. The Bertz CT molecular complexity index is 983. The average Bonchev–Trinajstić information content (AvgIpc) is 3.28. The van der Waals surface area contributed by atoms with Gasteiger partial charge in [0.05, 0.1) is 6.26 Å². The Morgan fingerprint density at radius 2 is 1.81 bits per heavy atom. The lowest BCUT2D eigenvalue weighted by molar-refractivity contribution is 0.0919. The van der Waals surface area contributed by atoms with Gasteiger partial charge in [-0.3, -0.25) is 9.69 Å². The number of hydrogen-bond donors (Lipinski definition) is 1. The third-order valence-corrected chi connectivity index (χ3v) is 5.96. The first kappa shape index (κ1) is 21.2. The quantitative estimate of drug-likeness (QED) is 0.549. The Hall–Kier alpha value is -3.05. The van der Waals surface area contributed by atoms with Crippen molar-refractivity contribution < 1.29 is 13.9 Å². The van der Waals surface area contributed by atoms with Crippen LogP contribution in [0.25, 0.3) is 0 Å². The molecular weight excluding hydrogens is 388 g/mol. The second kappa shape index (κ2) is 10.3. The van der Waals surface area contributed by atoms with Gasteiger partial charge in [0.25, 0.3) is 5.91 Å². The summed E-state index contributed by atoms with van der Waals surface area (Å²) in [6, 6.07) is 20.3. The van der Waals surface area contributed by atoms with E-state index in [2.05, 4.69) is 35.3 Å². The van der Waals surface area contributed by atoms with Crippen LogP contribution in [0.4, 0.5) is 0 Å². The third-order valence-electron chi connectivity index (χ3n) is 5.96. The van der Waals surface area contributed by atoms with E-state index in [1.54, 1.807) is 6.07 Å². The number of carbonyl (C=O) groups is 1. The van der Waals surface area contributed by atoms with Crippen LogP contribution in [0, 0.1) is 0 Å². The van der Waals surface area contributed by atoms with Gasteiger partial charge >= 0.3 is 0 Å². The highest BCUT2D eigenvalue weighted by atomic mass is 16.5. The Morgan fingerprint density at radius 1 is 1.03 bits per heavy atom. The fourth-order valence-corrected chi connectivity index (χ4v) is 4.08. The zero-order valence-corrected chi connectivity index (χ0v) is 18.0. The van der Waals surface area contributed by atoms with Gasteiger partial charge < -0.3 is 14.5 Å². The molecule has 1 fully saturated rings.